The molecule has 3 aromatic carbocycles. The highest BCUT2D eigenvalue weighted by Gasteiger charge is 2.27. The van der Waals surface area contributed by atoms with Gasteiger partial charge < -0.3 is 20.7 Å². The van der Waals surface area contributed by atoms with Gasteiger partial charge in [0.15, 0.2) is 0 Å². The molecule has 2 heterocycles. The molecular weight excluding hydrogens is 408 g/mol. The van der Waals surface area contributed by atoms with Crippen molar-refractivity contribution >= 4 is 17.1 Å². The summed E-state index contributed by atoms with van der Waals surface area (Å²) in [7, 11) is 0. The van der Waals surface area contributed by atoms with Gasteiger partial charge in [-0.15, -0.1) is 0 Å². The van der Waals surface area contributed by atoms with Crippen LogP contribution >= 0.6 is 0 Å². The van der Waals surface area contributed by atoms with Crippen LogP contribution in [0.2, 0.25) is 0 Å². The molecule has 5 rings (SSSR count). The molecule has 1 unspecified atom stereocenters. The number of ether oxygens (including phenoxy) is 1. The number of para-hydroxylation sites is 2. The van der Waals surface area contributed by atoms with Gasteiger partial charge in [0.25, 0.3) is 0 Å². The van der Waals surface area contributed by atoms with E-state index in [-0.39, 0.29) is 6.10 Å². The molecule has 5 nitrogen and oxygen atoms in total. The van der Waals surface area contributed by atoms with E-state index < -0.39 is 0 Å². The van der Waals surface area contributed by atoms with Crippen LogP contribution in [0.3, 0.4) is 0 Å². The molecule has 1 radical (unpaired) electrons. The van der Waals surface area contributed by atoms with Gasteiger partial charge in [0, 0.05) is 56.6 Å². The summed E-state index contributed by atoms with van der Waals surface area (Å²) in [6.45, 7) is 10.1. The van der Waals surface area contributed by atoms with Crippen LogP contribution in [-0.2, 0) is 6.54 Å². The van der Waals surface area contributed by atoms with Crippen molar-refractivity contribution < 1.29 is 4.74 Å². The molecular formula is C28H33N4O. The summed E-state index contributed by atoms with van der Waals surface area (Å²) in [4.78, 5) is 5.01. The number of benzene rings is 3. The average molecular weight is 442 g/mol. The number of fused-ring (bicyclic) bond motifs is 1. The Bertz CT molecular complexity index is 1100. The van der Waals surface area contributed by atoms with E-state index in [1.54, 1.807) is 0 Å². The summed E-state index contributed by atoms with van der Waals surface area (Å²) < 4.78 is 6.06. The predicted molar refractivity (Wildman–Crippen MR) is 136 cm³/mol. The molecule has 1 fully saturated rings. The quantitative estimate of drug-likeness (QED) is 0.542. The van der Waals surface area contributed by atoms with Crippen molar-refractivity contribution in [2.45, 2.75) is 32.4 Å². The first-order valence-corrected chi connectivity index (χ1v) is 11.9. The Balaban J connectivity index is 1.28. The van der Waals surface area contributed by atoms with Gasteiger partial charge in [-0.2, -0.15) is 0 Å². The SMILES string of the molecule is CC(C)Oc1ccccc1N1CCN(Cc2c[c]ccc2C2CNc3cc(N)ccc32)CC1. The minimum atomic E-state index is 0.173. The van der Waals surface area contributed by atoms with Gasteiger partial charge in [0.05, 0.1) is 11.8 Å². The van der Waals surface area contributed by atoms with Gasteiger partial charge in [-0.1, -0.05) is 30.3 Å². The maximum Gasteiger partial charge on any atom is 0.142 e. The average Bonchev–Trinajstić information content (AvgIpc) is 3.23. The fraction of sp³-hybridized carbons (Fsp3) is 0.357. The van der Waals surface area contributed by atoms with Crippen molar-refractivity contribution in [2.24, 2.45) is 0 Å². The molecule has 0 bridgehead atoms. The molecule has 2 aliphatic rings. The highest BCUT2D eigenvalue weighted by atomic mass is 16.5. The molecule has 1 atom stereocenters. The van der Waals surface area contributed by atoms with E-state index in [4.69, 9.17) is 10.5 Å². The lowest BCUT2D eigenvalue weighted by atomic mass is 9.89. The summed E-state index contributed by atoms with van der Waals surface area (Å²) in [6, 6.07) is 24.4. The van der Waals surface area contributed by atoms with E-state index in [0.29, 0.717) is 5.92 Å². The number of anilines is 3. The summed E-state index contributed by atoms with van der Waals surface area (Å²) in [6.07, 6.45) is 0.173. The van der Waals surface area contributed by atoms with E-state index in [2.05, 4.69) is 77.5 Å². The minimum Gasteiger partial charge on any atom is -0.489 e. The Morgan fingerprint density at radius 3 is 2.70 bits per heavy atom. The maximum atomic E-state index is 6.06. The van der Waals surface area contributed by atoms with Crippen LogP contribution in [0.5, 0.6) is 5.75 Å². The van der Waals surface area contributed by atoms with Crippen molar-refractivity contribution in [1.82, 2.24) is 4.90 Å². The zero-order valence-electron chi connectivity index (χ0n) is 19.6. The zero-order valence-corrected chi connectivity index (χ0v) is 19.6. The molecule has 0 spiro atoms. The largest absolute Gasteiger partial charge is 0.489 e. The van der Waals surface area contributed by atoms with E-state index >= 15 is 0 Å². The van der Waals surface area contributed by atoms with E-state index in [1.165, 1.54) is 22.4 Å². The number of nitrogens with one attached hydrogen (secondary N) is 1. The minimum absolute atomic E-state index is 0.173. The summed E-state index contributed by atoms with van der Waals surface area (Å²) in [5.41, 5.74) is 13.3. The number of nitrogens with zero attached hydrogens (tertiary/aromatic N) is 2. The molecule has 3 N–H and O–H groups in total. The van der Waals surface area contributed by atoms with Crippen LogP contribution in [0, 0.1) is 6.07 Å². The highest BCUT2D eigenvalue weighted by Crippen LogP contribution is 2.38. The fourth-order valence-corrected chi connectivity index (χ4v) is 5.04. The molecule has 171 valence electrons. The van der Waals surface area contributed by atoms with Crippen LogP contribution in [0.1, 0.15) is 36.5 Å². The fourth-order valence-electron chi connectivity index (χ4n) is 5.04. The first kappa shape index (κ1) is 21.7. The highest BCUT2D eigenvalue weighted by molar-refractivity contribution is 5.66. The molecule has 0 aliphatic carbocycles. The Hall–Kier alpha value is -3.18. The van der Waals surface area contributed by atoms with Gasteiger partial charge in [-0.3, -0.25) is 4.90 Å². The molecule has 2 aliphatic heterocycles. The Labute approximate surface area is 197 Å². The van der Waals surface area contributed by atoms with Crippen LogP contribution < -0.4 is 20.7 Å². The lowest BCUT2D eigenvalue weighted by Gasteiger charge is -2.37. The second kappa shape index (κ2) is 9.36. The maximum absolute atomic E-state index is 6.06. The van der Waals surface area contributed by atoms with Crippen LogP contribution in [0.15, 0.2) is 60.7 Å². The van der Waals surface area contributed by atoms with Crippen molar-refractivity contribution in [3.63, 3.8) is 0 Å². The summed E-state index contributed by atoms with van der Waals surface area (Å²) in [5, 5.41) is 3.54. The molecule has 3 aromatic rings. The van der Waals surface area contributed by atoms with Crippen LogP contribution in [0.25, 0.3) is 0 Å². The van der Waals surface area contributed by atoms with Crippen molar-refractivity contribution in [2.75, 3.05) is 48.7 Å². The van der Waals surface area contributed by atoms with Gasteiger partial charge in [0.2, 0.25) is 0 Å². The second-order valence-electron chi connectivity index (χ2n) is 9.30. The smallest absolute Gasteiger partial charge is 0.142 e. The summed E-state index contributed by atoms with van der Waals surface area (Å²) in [5.74, 6) is 1.33. The lowest BCUT2D eigenvalue weighted by molar-refractivity contribution is 0.235. The normalized spacial score (nSPS) is 18.3. The number of hydrogen-bond acceptors (Lipinski definition) is 5. The first-order valence-electron chi connectivity index (χ1n) is 11.9. The van der Waals surface area contributed by atoms with Gasteiger partial charge in [-0.05, 0) is 66.9 Å². The molecule has 0 aromatic heterocycles. The van der Waals surface area contributed by atoms with Crippen LogP contribution in [-0.4, -0.2) is 43.7 Å². The van der Waals surface area contributed by atoms with E-state index in [0.717, 1.165) is 56.4 Å². The third-order valence-corrected chi connectivity index (χ3v) is 6.65. The topological polar surface area (TPSA) is 53.8 Å². The predicted octanol–water partition coefficient (Wildman–Crippen LogP) is 4.74. The molecule has 0 amide bonds. The number of hydrogen-bond donors (Lipinski definition) is 2. The van der Waals surface area contributed by atoms with E-state index in [1.807, 2.05) is 18.2 Å². The number of rotatable bonds is 6. The Morgan fingerprint density at radius 2 is 1.88 bits per heavy atom. The second-order valence-corrected chi connectivity index (χ2v) is 9.30. The Kier molecular flexibility index (Phi) is 6.14. The lowest BCUT2D eigenvalue weighted by Crippen LogP contribution is -2.46. The molecule has 33 heavy (non-hydrogen) atoms. The molecule has 0 saturated carbocycles. The number of nitrogens with two attached hydrogens (primary N) is 1. The van der Waals surface area contributed by atoms with Crippen molar-refractivity contribution in [3.05, 3.63) is 83.4 Å². The summed E-state index contributed by atoms with van der Waals surface area (Å²) >= 11 is 0. The molecule has 1 saturated heterocycles. The Morgan fingerprint density at radius 1 is 1.06 bits per heavy atom. The zero-order chi connectivity index (χ0) is 22.8. The monoisotopic (exact) mass is 441 g/mol. The van der Waals surface area contributed by atoms with E-state index in [9.17, 15) is 0 Å². The first-order chi connectivity index (χ1) is 16.1. The van der Waals surface area contributed by atoms with Crippen LogP contribution in [0.4, 0.5) is 17.1 Å². The van der Waals surface area contributed by atoms with Gasteiger partial charge >= 0.3 is 0 Å². The number of piperazine rings is 1. The van der Waals surface area contributed by atoms with Gasteiger partial charge in [-0.25, -0.2) is 0 Å². The van der Waals surface area contributed by atoms with Crippen molar-refractivity contribution in [1.29, 1.82) is 0 Å². The van der Waals surface area contributed by atoms with Gasteiger partial charge in [0.1, 0.15) is 5.75 Å². The third-order valence-electron chi connectivity index (χ3n) is 6.65. The molecule has 5 heteroatoms. The number of nitrogen functional groups attached to an aromatic ring is 1. The van der Waals surface area contributed by atoms with Crippen molar-refractivity contribution in [3.8, 4) is 5.75 Å². The third kappa shape index (κ3) is 4.64. The standard InChI is InChI=1S/C28H33N4O/c1-20(2)33-28-10-6-5-9-27(28)32-15-13-31(14-16-32)19-21-7-3-4-8-23(21)25-18-30-26-17-22(29)11-12-24(25)26/h4-12,17,20,25,30H,13-16,18-19,29H2,1-2H3.